The van der Waals surface area contributed by atoms with Crippen LogP contribution in [0.2, 0.25) is 0 Å². The van der Waals surface area contributed by atoms with Crippen LogP contribution in [0.5, 0.6) is 5.75 Å². The summed E-state index contributed by atoms with van der Waals surface area (Å²) in [7, 11) is 1.67. The molecule has 1 saturated heterocycles. The van der Waals surface area contributed by atoms with Gasteiger partial charge in [-0.1, -0.05) is 11.8 Å². The Morgan fingerprint density at radius 1 is 1.30 bits per heavy atom. The van der Waals surface area contributed by atoms with Crippen molar-refractivity contribution in [1.82, 2.24) is 19.7 Å². The normalized spacial score (nSPS) is 16.7. The maximum atomic E-state index is 5.86. The zero-order chi connectivity index (χ0) is 18.6. The van der Waals surface area contributed by atoms with E-state index in [2.05, 4.69) is 25.1 Å². The second-order valence-electron chi connectivity index (χ2n) is 6.43. The van der Waals surface area contributed by atoms with Gasteiger partial charge in [-0.05, 0) is 44.0 Å². The Hall–Kier alpha value is -1.90. The van der Waals surface area contributed by atoms with Crippen molar-refractivity contribution in [3.63, 3.8) is 0 Å². The zero-order valence-electron chi connectivity index (χ0n) is 15.4. The maximum Gasteiger partial charge on any atom is 0.191 e. The van der Waals surface area contributed by atoms with Crippen molar-refractivity contribution in [2.75, 3.05) is 13.7 Å². The van der Waals surface area contributed by atoms with Crippen LogP contribution in [0.25, 0.3) is 11.4 Å². The summed E-state index contributed by atoms with van der Waals surface area (Å²) in [4.78, 5) is 4.54. The van der Waals surface area contributed by atoms with Crippen molar-refractivity contribution in [1.29, 1.82) is 0 Å². The molecule has 4 rings (SSSR count). The molecule has 1 aliphatic rings. The molecule has 1 aromatic carbocycles. The van der Waals surface area contributed by atoms with Gasteiger partial charge in [0.1, 0.15) is 5.75 Å². The standard InChI is InChI=1S/C19H22N4O2S2/c1-13-20-15(11-26-13)12-27-19-22-21-18(14-5-7-16(24-2)8-6-14)23(19)10-17-4-3-9-25-17/h5-8,11,17H,3-4,9-10,12H2,1-2H3/t17-/m0/s1. The molecule has 1 fully saturated rings. The minimum Gasteiger partial charge on any atom is -0.497 e. The van der Waals surface area contributed by atoms with Crippen molar-refractivity contribution in [2.45, 2.75) is 43.3 Å². The Bertz CT molecular complexity index is 886. The Kier molecular flexibility index (Phi) is 5.75. The van der Waals surface area contributed by atoms with Gasteiger partial charge in [-0.2, -0.15) is 0 Å². The van der Waals surface area contributed by atoms with Crippen LogP contribution < -0.4 is 4.74 Å². The summed E-state index contributed by atoms with van der Waals surface area (Å²) < 4.78 is 13.3. The lowest BCUT2D eigenvalue weighted by molar-refractivity contribution is 0.0953. The fourth-order valence-electron chi connectivity index (χ4n) is 3.12. The smallest absolute Gasteiger partial charge is 0.191 e. The highest BCUT2D eigenvalue weighted by Gasteiger charge is 2.22. The van der Waals surface area contributed by atoms with E-state index in [1.54, 1.807) is 30.2 Å². The molecule has 1 aliphatic heterocycles. The van der Waals surface area contributed by atoms with Gasteiger partial charge in [0.25, 0.3) is 0 Å². The van der Waals surface area contributed by atoms with Gasteiger partial charge in [0.15, 0.2) is 11.0 Å². The lowest BCUT2D eigenvalue weighted by atomic mass is 10.2. The highest BCUT2D eigenvalue weighted by Crippen LogP contribution is 2.29. The van der Waals surface area contributed by atoms with Crippen LogP contribution in [-0.2, 0) is 17.0 Å². The Balaban J connectivity index is 1.60. The number of rotatable bonds is 7. The molecular weight excluding hydrogens is 380 g/mol. The van der Waals surface area contributed by atoms with E-state index in [1.165, 1.54) is 0 Å². The van der Waals surface area contributed by atoms with Crippen molar-refractivity contribution in [3.05, 3.63) is 40.3 Å². The van der Waals surface area contributed by atoms with E-state index in [0.717, 1.165) is 64.7 Å². The van der Waals surface area contributed by atoms with Gasteiger partial charge in [0.2, 0.25) is 0 Å². The molecule has 1 atom stereocenters. The first-order valence-electron chi connectivity index (χ1n) is 8.96. The van der Waals surface area contributed by atoms with E-state index in [0.29, 0.717) is 0 Å². The van der Waals surface area contributed by atoms with Gasteiger partial charge in [-0.25, -0.2) is 4.98 Å². The number of thiazole rings is 1. The third-order valence-electron chi connectivity index (χ3n) is 4.49. The number of thioether (sulfide) groups is 1. The largest absolute Gasteiger partial charge is 0.497 e. The molecule has 8 heteroatoms. The topological polar surface area (TPSA) is 62.1 Å². The average Bonchev–Trinajstić information content (AvgIpc) is 3.43. The quantitative estimate of drug-likeness (QED) is 0.552. The minimum absolute atomic E-state index is 0.221. The van der Waals surface area contributed by atoms with Crippen LogP contribution in [0.1, 0.15) is 23.5 Å². The number of aromatic nitrogens is 4. The molecule has 0 radical (unpaired) electrons. The zero-order valence-corrected chi connectivity index (χ0v) is 17.1. The summed E-state index contributed by atoms with van der Waals surface area (Å²) >= 11 is 3.35. The fourth-order valence-corrected chi connectivity index (χ4v) is 4.68. The molecule has 0 aliphatic carbocycles. The first kappa shape index (κ1) is 18.5. The molecule has 2 aromatic heterocycles. The van der Waals surface area contributed by atoms with Gasteiger partial charge in [-0.3, -0.25) is 4.57 Å². The molecular formula is C19H22N4O2S2. The van der Waals surface area contributed by atoms with Gasteiger partial charge >= 0.3 is 0 Å². The molecule has 3 heterocycles. The maximum absolute atomic E-state index is 5.86. The van der Waals surface area contributed by atoms with Crippen LogP contribution >= 0.6 is 23.1 Å². The summed E-state index contributed by atoms with van der Waals surface area (Å²) in [6, 6.07) is 7.94. The summed E-state index contributed by atoms with van der Waals surface area (Å²) in [6.07, 6.45) is 2.42. The van der Waals surface area contributed by atoms with Gasteiger partial charge in [0, 0.05) is 23.3 Å². The highest BCUT2D eigenvalue weighted by molar-refractivity contribution is 7.98. The van der Waals surface area contributed by atoms with Crippen molar-refractivity contribution in [3.8, 4) is 17.1 Å². The number of hydrogen-bond acceptors (Lipinski definition) is 7. The molecule has 0 amide bonds. The van der Waals surface area contributed by atoms with E-state index < -0.39 is 0 Å². The molecule has 0 spiro atoms. The second kappa shape index (κ2) is 8.41. The van der Waals surface area contributed by atoms with Gasteiger partial charge in [-0.15, -0.1) is 21.5 Å². The lowest BCUT2D eigenvalue weighted by Gasteiger charge is -2.14. The van der Waals surface area contributed by atoms with E-state index in [-0.39, 0.29) is 6.10 Å². The molecule has 6 nitrogen and oxygen atoms in total. The molecule has 0 saturated carbocycles. The fraction of sp³-hybridized carbons (Fsp3) is 0.421. The number of aryl methyl sites for hydroxylation is 1. The highest BCUT2D eigenvalue weighted by atomic mass is 32.2. The summed E-state index contributed by atoms with van der Waals surface area (Å²) in [5.41, 5.74) is 2.11. The summed E-state index contributed by atoms with van der Waals surface area (Å²) in [5, 5.41) is 13.0. The first-order valence-corrected chi connectivity index (χ1v) is 10.8. The number of methoxy groups -OCH3 is 1. The Morgan fingerprint density at radius 2 is 2.15 bits per heavy atom. The van der Waals surface area contributed by atoms with Crippen LogP contribution in [0, 0.1) is 6.92 Å². The lowest BCUT2D eigenvalue weighted by Crippen LogP contribution is -2.16. The van der Waals surface area contributed by atoms with Crippen molar-refractivity contribution >= 4 is 23.1 Å². The molecule has 0 N–H and O–H groups in total. The minimum atomic E-state index is 0.221. The number of ether oxygens (including phenoxy) is 2. The van der Waals surface area contributed by atoms with Gasteiger partial charge in [0.05, 0.1) is 30.5 Å². The number of nitrogens with zero attached hydrogens (tertiary/aromatic N) is 4. The predicted molar refractivity (Wildman–Crippen MR) is 107 cm³/mol. The third-order valence-corrected chi connectivity index (χ3v) is 6.31. The van der Waals surface area contributed by atoms with E-state index in [9.17, 15) is 0 Å². The Morgan fingerprint density at radius 3 is 2.81 bits per heavy atom. The second-order valence-corrected chi connectivity index (χ2v) is 8.43. The summed E-state index contributed by atoms with van der Waals surface area (Å²) in [6.45, 7) is 3.64. The van der Waals surface area contributed by atoms with Crippen molar-refractivity contribution < 1.29 is 9.47 Å². The number of hydrogen-bond donors (Lipinski definition) is 0. The Labute approximate surface area is 166 Å². The average molecular weight is 403 g/mol. The number of benzene rings is 1. The molecule has 27 heavy (non-hydrogen) atoms. The van der Waals surface area contributed by atoms with Crippen LogP contribution in [0.15, 0.2) is 34.8 Å². The van der Waals surface area contributed by atoms with E-state index in [4.69, 9.17) is 9.47 Å². The van der Waals surface area contributed by atoms with E-state index >= 15 is 0 Å². The molecule has 0 bridgehead atoms. The predicted octanol–water partition coefficient (Wildman–Crippen LogP) is 4.19. The van der Waals surface area contributed by atoms with Crippen molar-refractivity contribution in [2.24, 2.45) is 0 Å². The molecule has 0 unspecified atom stereocenters. The van der Waals surface area contributed by atoms with Crippen LogP contribution in [0.3, 0.4) is 0 Å². The summed E-state index contributed by atoms with van der Waals surface area (Å²) in [5.74, 6) is 2.49. The molecule has 142 valence electrons. The van der Waals surface area contributed by atoms with E-state index in [1.807, 2.05) is 31.2 Å². The van der Waals surface area contributed by atoms with Crippen LogP contribution in [0.4, 0.5) is 0 Å². The van der Waals surface area contributed by atoms with Crippen LogP contribution in [-0.4, -0.2) is 39.6 Å². The SMILES string of the molecule is COc1ccc(-c2nnc(SCc3csc(C)n3)n2C[C@@H]2CCCO2)cc1. The van der Waals surface area contributed by atoms with Gasteiger partial charge < -0.3 is 9.47 Å². The monoisotopic (exact) mass is 402 g/mol. The third kappa shape index (κ3) is 4.34. The first-order chi connectivity index (χ1) is 13.2. The molecule has 3 aromatic rings.